The molecule has 2 rings (SSSR count). The van der Waals surface area contributed by atoms with Gasteiger partial charge in [-0.1, -0.05) is 25.1 Å². The fraction of sp³-hybridized carbons (Fsp3) is 0.538. The first-order valence-electron chi connectivity index (χ1n) is 6.87. The zero-order valence-corrected chi connectivity index (χ0v) is 13.1. The first kappa shape index (κ1) is 15.6. The maximum absolute atomic E-state index is 11.7. The summed E-state index contributed by atoms with van der Waals surface area (Å²) in [6.07, 6.45) is 1.63. The van der Waals surface area contributed by atoms with Crippen molar-refractivity contribution in [1.29, 1.82) is 0 Å². The molecule has 0 fully saturated rings. The van der Waals surface area contributed by atoms with Crippen LogP contribution in [0.1, 0.15) is 32.9 Å². The molecule has 0 saturated carbocycles. The molecule has 0 bridgehead atoms. The lowest BCUT2D eigenvalue weighted by molar-refractivity contribution is -0.142. The van der Waals surface area contributed by atoms with Crippen LogP contribution in [0, 0.1) is 0 Å². The Balaban J connectivity index is 2.36. The Bertz CT molecular complexity index is 694. The topological polar surface area (TPSA) is 89.4 Å². The van der Waals surface area contributed by atoms with Crippen molar-refractivity contribution in [2.75, 3.05) is 6.61 Å². The average Bonchev–Trinajstić information content (AvgIpc) is 2.82. The summed E-state index contributed by atoms with van der Waals surface area (Å²) in [6.45, 7) is 5.91. The molecule has 0 aliphatic rings. The molecule has 21 heavy (non-hydrogen) atoms. The molecule has 1 N–H and O–H groups in total. The van der Waals surface area contributed by atoms with Crippen LogP contribution in [0.25, 0.3) is 5.78 Å². The summed E-state index contributed by atoms with van der Waals surface area (Å²) in [5, 5.41) is 8.21. The lowest BCUT2D eigenvalue weighted by Crippen LogP contribution is -2.18. The lowest BCUT2D eigenvalue weighted by Gasteiger charge is -2.10. The average molecular weight is 310 g/mol. The Morgan fingerprint density at radius 1 is 1.48 bits per heavy atom. The predicted octanol–water partition coefficient (Wildman–Crippen LogP) is 1.41. The minimum absolute atomic E-state index is 0.201. The van der Waals surface area contributed by atoms with E-state index < -0.39 is 5.25 Å². The number of nitrogens with zero attached hydrogens (tertiary/aromatic N) is 3. The number of aryl methyl sites for hydroxylation is 1. The second kappa shape index (κ2) is 6.75. The highest BCUT2D eigenvalue weighted by molar-refractivity contribution is 8.00. The van der Waals surface area contributed by atoms with E-state index in [9.17, 15) is 9.59 Å². The third-order valence-corrected chi connectivity index (χ3v) is 3.88. The maximum Gasteiger partial charge on any atom is 0.319 e. The summed E-state index contributed by atoms with van der Waals surface area (Å²) in [4.78, 5) is 25.9. The molecule has 0 amide bonds. The second-order valence-electron chi connectivity index (χ2n) is 4.53. The number of carbonyl (C=O) groups excluding carboxylic acids is 1. The fourth-order valence-corrected chi connectivity index (χ4v) is 2.83. The third kappa shape index (κ3) is 3.44. The van der Waals surface area contributed by atoms with Gasteiger partial charge in [0.05, 0.1) is 6.61 Å². The molecular formula is C13H18N4O3S. The summed E-state index contributed by atoms with van der Waals surface area (Å²) in [7, 11) is 0. The highest BCUT2D eigenvalue weighted by Crippen LogP contribution is 2.23. The smallest absolute Gasteiger partial charge is 0.319 e. The summed E-state index contributed by atoms with van der Waals surface area (Å²) < 4.78 is 6.77. The number of thioether (sulfide) groups is 1. The Morgan fingerprint density at radius 3 is 2.90 bits per heavy atom. The third-order valence-electron chi connectivity index (χ3n) is 2.86. The Labute approximate surface area is 126 Å². The van der Waals surface area contributed by atoms with Gasteiger partial charge < -0.3 is 4.74 Å². The number of H-pyrrole nitrogens is 1. The van der Waals surface area contributed by atoms with Crippen LogP contribution < -0.4 is 5.56 Å². The second-order valence-corrected chi connectivity index (χ2v) is 5.84. The predicted molar refractivity (Wildman–Crippen MR) is 79.6 cm³/mol. The molecule has 8 heteroatoms. The zero-order valence-electron chi connectivity index (χ0n) is 12.3. The van der Waals surface area contributed by atoms with Gasteiger partial charge in [-0.2, -0.15) is 0 Å². The molecule has 0 unspecified atom stereocenters. The van der Waals surface area contributed by atoms with Crippen LogP contribution in [0.5, 0.6) is 0 Å². The number of rotatable bonds is 6. The van der Waals surface area contributed by atoms with Gasteiger partial charge in [0, 0.05) is 11.8 Å². The number of aromatic amines is 1. The van der Waals surface area contributed by atoms with Crippen LogP contribution in [0.15, 0.2) is 16.0 Å². The van der Waals surface area contributed by atoms with E-state index in [2.05, 4.69) is 15.2 Å². The minimum Gasteiger partial charge on any atom is -0.465 e. The quantitative estimate of drug-likeness (QED) is 0.641. The summed E-state index contributed by atoms with van der Waals surface area (Å²) in [6, 6.07) is 1.54. The summed E-state index contributed by atoms with van der Waals surface area (Å²) in [5.41, 5.74) is 0.633. The molecule has 1 atom stereocenters. The summed E-state index contributed by atoms with van der Waals surface area (Å²) >= 11 is 1.27. The zero-order chi connectivity index (χ0) is 15.4. The molecule has 0 radical (unpaired) electrons. The van der Waals surface area contributed by atoms with E-state index in [0.717, 1.165) is 18.5 Å². The van der Waals surface area contributed by atoms with Crippen LogP contribution in [0.4, 0.5) is 0 Å². The molecule has 2 aromatic heterocycles. The molecule has 0 aliphatic carbocycles. The molecule has 0 aromatic carbocycles. The van der Waals surface area contributed by atoms with Crippen molar-refractivity contribution in [2.45, 2.75) is 44.0 Å². The van der Waals surface area contributed by atoms with Crippen molar-refractivity contribution in [3.05, 3.63) is 22.1 Å². The largest absolute Gasteiger partial charge is 0.465 e. The Hall–Kier alpha value is -1.83. The van der Waals surface area contributed by atoms with Gasteiger partial charge in [0.15, 0.2) is 5.16 Å². The molecule has 7 nitrogen and oxygen atoms in total. The fourth-order valence-electron chi connectivity index (χ4n) is 1.95. The van der Waals surface area contributed by atoms with Crippen LogP contribution in [0.3, 0.4) is 0 Å². The summed E-state index contributed by atoms with van der Waals surface area (Å²) in [5.74, 6) is 0.102. The number of ether oxygens (including phenoxy) is 1. The van der Waals surface area contributed by atoms with E-state index >= 15 is 0 Å². The van der Waals surface area contributed by atoms with Crippen molar-refractivity contribution in [1.82, 2.24) is 19.6 Å². The van der Waals surface area contributed by atoms with Crippen LogP contribution in [-0.4, -0.2) is 37.4 Å². The van der Waals surface area contributed by atoms with Crippen LogP contribution in [0.2, 0.25) is 0 Å². The first-order chi connectivity index (χ1) is 10.1. The maximum atomic E-state index is 11.7. The molecule has 0 aliphatic heterocycles. The van der Waals surface area contributed by atoms with Crippen molar-refractivity contribution < 1.29 is 9.53 Å². The highest BCUT2D eigenvalue weighted by atomic mass is 32.2. The van der Waals surface area contributed by atoms with Gasteiger partial charge in [-0.15, -0.1) is 10.2 Å². The number of nitrogens with one attached hydrogen (secondary N) is 1. The van der Waals surface area contributed by atoms with Gasteiger partial charge >= 0.3 is 5.97 Å². The Morgan fingerprint density at radius 2 is 2.24 bits per heavy atom. The van der Waals surface area contributed by atoms with E-state index in [1.54, 1.807) is 24.3 Å². The van der Waals surface area contributed by atoms with Crippen molar-refractivity contribution in [2.24, 2.45) is 0 Å². The highest BCUT2D eigenvalue weighted by Gasteiger charge is 2.20. The lowest BCUT2D eigenvalue weighted by atomic mass is 10.2. The van der Waals surface area contributed by atoms with E-state index in [0.29, 0.717) is 17.5 Å². The number of hydrogen-bond acceptors (Lipinski definition) is 6. The number of carbonyl (C=O) groups is 1. The molecule has 2 heterocycles. The van der Waals surface area contributed by atoms with E-state index in [4.69, 9.17) is 4.74 Å². The van der Waals surface area contributed by atoms with Gasteiger partial charge in [0.25, 0.3) is 5.56 Å². The van der Waals surface area contributed by atoms with Crippen molar-refractivity contribution in [3.8, 4) is 0 Å². The Kier molecular flexibility index (Phi) is 5.00. The van der Waals surface area contributed by atoms with E-state index in [1.165, 1.54) is 11.8 Å². The number of fused-ring (bicyclic) bond motifs is 1. The first-order valence-corrected chi connectivity index (χ1v) is 7.75. The van der Waals surface area contributed by atoms with E-state index in [-0.39, 0.29) is 11.5 Å². The van der Waals surface area contributed by atoms with Crippen molar-refractivity contribution in [3.63, 3.8) is 0 Å². The molecular weight excluding hydrogens is 292 g/mol. The molecule has 114 valence electrons. The number of esters is 1. The molecule has 0 spiro atoms. The monoisotopic (exact) mass is 310 g/mol. The number of aromatic nitrogens is 4. The van der Waals surface area contributed by atoms with Crippen LogP contribution in [-0.2, 0) is 16.0 Å². The van der Waals surface area contributed by atoms with E-state index in [1.807, 2.05) is 6.92 Å². The van der Waals surface area contributed by atoms with Gasteiger partial charge in [-0.25, -0.2) is 0 Å². The minimum atomic E-state index is -0.390. The molecule has 2 aromatic rings. The SMILES string of the molecule is CCCc1cc(=O)[nH]c2nnc(S[C@H](C)C(=O)OCC)n12. The van der Waals surface area contributed by atoms with Crippen LogP contribution >= 0.6 is 11.8 Å². The van der Waals surface area contributed by atoms with Gasteiger partial charge in [-0.05, 0) is 20.3 Å². The normalized spacial score (nSPS) is 12.5. The molecule has 0 saturated heterocycles. The van der Waals surface area contributed by atoms with Gasteiger partial charge in [-0.3, -0.25) is 19.0 Å². The van der Waals surface area contributed by atoms with Gasteiger partial charge in [0.1, 0.15) is 5.25 Å². The van der Waals surface area contributed by atoms with Gasteiger partial charge in [0.2, 0.25) is 5.78 Å². The van der Waals surface area contributed by atoms with Crippen molar-refractivity contribution >= 4 is 23.5 Å². The number of hydrogen-bond donors (Lipinski definition) is 1. The standard InChI is InChI=1S/C13H18N4O3S/c1-4-6-9-7-10(18)14-12-15-16-13(17(9)12)21-8(3)11(19)20-5-2/h7-8H,4-6H2,1-3H3,(H,14,15,18)/t8-/m1/s1.